The van der Waals surface area contributed by atoms with Gasteiger partial charge < -0.3 is 26.6 Å². The van der Waals surface area contributed by atoms with E-state index in [1.54, 1.807) is 16.1 Å². The molecule has 1 aliphatic rings. The molecule has 4 heterocycles. The van der Waals surface area contributed by atoms with Gasteiger partial charge in [-0.3, -0.25) is 19.2 Å². The van der Waals surface area contributed by atoms with Crippen LogP contribution in [0.15, 0.2) is 46.5 Å². The third-order valence-electron chi connectivity index (χ3n) is 7.90. The maximum Gasteiger partial charge on any atom is 0.273 e. The number of nitrogens with zero attached hydrogens (tertiary/aromatic N) is 4. The zero-order valence-corrected chi connectivity index (χ0v) is 30.9. The minimum Gasteiger partial charge on any atom is -0.351 e. The molecule has 4 bridgehead atoms. The van der Waals surface area contributed by atoms with Crippen LogP contribution in [0.25, 0.3) is 0 Å². The Kier molecular flexibility index (Phi) is 13.4. The minimum absolute atomic E-state index is 0. The molecule has 0 spiro atoms. The van der Waals surface area contributed by atoms with Crippen molar-refractivity contribution in [1.29, 1.82) is 0 Å². The number of carbonyl (C=O) groups excluding carboxylic acids is 4. The highest BCUT2D eigenvalue weighted by molar-refractivity contribution is 7.10. The number of nitrogens with two attached hydrogens (primary N) is 1. The summed E-state index contributed by atoms with van der Waals surface area (Å²) in [5.74, 6) is -1.41. The molecule has 5 N–H and O–H groups in total. The van der Waals surface area contributed by atoms with Crippen molar-refractivity contribution in [3.63, 3.8) is 0 Å². The van der Waals surface area contributed by atoms with Crippen LogP contribution in [0.1, 0.15) is 104 Å². The van der Waals surface area contributed by atoms with E-state index in [0.717, 1.165) is 5.56 Å². The van der Waals surface area contributed by atoms with Gasteiger partial charge in [0.2, 0.25) is 5.91 Å². The average molecular weight is 745 g/mol. The van der Waals surface area contributed by atoms with Crippen LogP contribution in [0.4, 0.5) is 0 Å². The second kappa shape index (κ2) is 17.3. The Labute approximate surface area is 303 Å². The number of fused-ring (bicyclic) bond motifs is 4. The predicted molar refractivity (Wildman–Crippen MR) is 194 cm³/mol. The summed E-state index contributed by atoms with van der Waals surface area (Å²) in [5.41, 5.74) is 7.94. The highest BCUT2D eigenvalue weighted by Gasteiger charge is 2.28. The Hall–Kier alpha value is -3.76. The van der Waals surface area contributed by atoms with Gasteiger partial charge in [-0.25, -0.2) is 15.0 Å². The highest BCUT2D eigenvalue weighted by Crippen LogP contribution is 2.28. The topological polar surface area (TPSA) is 172 Å². The zero-order chi connectivity index (χ0) is 34.4. The van der Waals surface area contributed by atoms with Crippen molar-refractivity contribution in [2.24, 2.45) is 17.6 Å². The number of nitrogens with one attached hydrogen (secondary N) is 3. The van der Waals surface area contributed by atoms with E-state index < -0.39 is 23.9 Å². The molecule has 1 aliphatic heterocycles. The average Bonchev–Trinajstić information content (AvgIpc) is 3.85. The Morgan fingerprint density at radius 1 is 0.918 bits per heavy atom. The molecule has 5 rings (SSSR count). The van der Waals surface area contributed by atoms with Crippen LogP contribution < -0.4 is 21.7 Å². The molecular formula is C33H41ClN8O4S3. The summed E-state index contributed by atoms with van der Waals surface area (Å²) in [5, 5.41) is 15.8. The van der Waals surface area contributed by atoms with Crippen LogP contribution in [0.2, 0.25) is 0 Å². The number of halogens is 1. The molecule has 1 unspecified atom stereocenters. The summed E-state index contributed by atoms with van der Waals surface area (Å²) in [6.07, 6.45) is 0.818. The third-order valence-corrected chi connectivity index (χ3v) is 10.7. The van der Waals surface area contributed by atoms with Crippen molar-refractivity contribution < 1.29 is 19.2 Å². The fraction of sp³-hybridized carbons (Fsp3) is 0.424. The van der Waals surface area contributed by atoms with Crippen LogP contribution in [-0.4, -0.2) is 63.1 Å². The number of hydrogen-bond donors (Lipinski definition) is 4. The van der Waals surface area contributed by atoms with Crippen molar-refractivity contribution in [1.82, 2.24) is 35.8 Å². The van der Waals surface area contributed by atoms with Gasteiger partial charge in [0, 0.05) is 29.2 Å². The normalized spacial score (nSPS) is 18.4. The standard InChI is InChI=1S/C33H40N8O4S3.ClH/c1-18(2)26(34)31-39-24(17-47-31)33(45)41-12-8-11-35-28(43)22-15-48-32(38-22)27(19(3)4)40-29(44)23-16-46-30(37-23)21(36-25(42)14-41)13-20-9-6-5-7-10-20;/h5-7,9-10,15-19,21,26-27H,8,11-14,34H2,1-4H3,(H,35,43)(H,36,42)(H,40,44);1H/t21-,26-,27?;/m0./s1. The quantitative estimate of drug-likeness (QED) is 0.215. The van der Waals surface area contributed by atoms with Gasteiger partial charge in [0.25, 0.3) is 17.7 Å². The number of carbonyl (C=O) groups is 4. The van der Waals surface area contributed by atoms with Crippen LogP contribution in [0.5, 0.6) is 0 Å². The third kappa shape index (κ3) is 9.69. The molecule has 3 aromatic heterocycles. The number of benzene rings is 1. The van der Waals surface area contributed by atoms with E-state index in [4.69, 9.17) is 5.73 Å². The number of aromatic nitrogens is 3. The maximum atomic E-state index is 13.8. The molecule has 12 nitrogen and oxygen atoms in total. The Balaban J connectivity index is 0.00000541. The van der Waals surface area contributed by atoms with Crippen molar-refractivity contribution in [3.05, 3.63) is 84.1 Å². The molecule has 0 fully saturated rings. The van der Waals surface area contributed by atoms with E-state index in [-0.39, 0.29) is 78.8 Å². The van der Waals surface area contributed by atoms with Gasteiger partial charge in [-0.1, -0.05) is 58.0 Å². The van der Waals surface area contributed by atoms with Crippen molar-refractivity contribution >= 4 is 70.0 Å². The van der Waals surface area contributed by atoms with Crippen LogP contribution in [0.3, 0.4) is 0 Å². The lowest BCUT2D eigenvalue weighted by atomic mass is 10.0. The first-order chi connectivity index (χ1) is 23.0. The van der Waals surface area contributed by atoms with Crippen LogP contribution >= 0.6 is 46.4 Å². The summed E-state index contributed by atoms with van der Waals surface area (Å²) in [4.78, 5) is 69.0. The fourth-order valence-corrected chi connectivity index (χ4v) is 7.92. The van der Waals surface area contributed by atoms with E-state index in [1.807, 2.05) is 58.0 Å². The van der Waals surface area contributed by atoms with Gasteiger partial charge in [0.1, 0.15) is 32.1 Å². The number of rotatable bonds is 6. The predicted octanol–water partition coefficient (Wildman–Crippen LogP) is 4.94. The van der Waals surface area contributed by atoms with E-state index in [1.165, 1.54) is 38.9 Å². The van der Waals surface area contributed by atoms with Crippen molar-refractivity contribution in [2.75, 3.05) is 19.6 Å². The van der Waals surface area contributed by atoms with Crippen molar-refractivity contribution in [3.8, 4) is 0 Å². The minimum atomic E-state index is -0.554. The van der Waals surface area contributed by atoms with Gasteiger partial charge >= 0.3 is 0 Å². The maximum absolute atomic E-state index is 13.8. The van der Waals surface area contributed by atoms with Gasteiger partial charge in [-0.15, -0.1) is 46.4 Å². The lowest BCUT2D eigenvalue weighted by Crippen LogP contribution is -2.43. The number of hydrogen-bond acceptors (Lipinski definition) is 11. The van der Waals surface area contributed by atoms with E-state index in [2.05, 4.69) is 30.9 Å². The molecule has 1 aromatic carbocycles. The monoisotopic (exact) mass is 744 g/mol. The van der Waals surface area contributed by atoms with E-state index >= 15 is 0 Å². The molecule has 262 valence electrons. The van der Waals surface area contributed by atoms with Crippen LogP contribution in [-0.2, 0) is 11.2 Å². The molecule has 4 amide bonds. The largest absolute Gasteiger partial charge is 0.351 e. The van der Waals surface area contributed by atoms with Gasteiger partial charge in [0.15, 0.2) is 0 Å². The summed E-state index contributed by atoms with van der Waals surface area (Å²) < 4.78 is 0. The van der Waals surface area contributed by atoms with Crippen LogP contribution in [0, 0.1) is 11.8 Å². The van der Waals surface area contributed by atoms with Crippen molar-refractivity contribution in [2.45, 2.75) is 58.7 Å². The van der Waals surface area contributed by atoms with Gasteiger partial charge in [0.05, 0.1) is 24.7 Å². The first-order valence-corrected chi connectivity index (χ1v) is 18.5. The second-order valence-electron chi connectivity index (χ2n) is 12.3. The molecule has 0 saturated carbocycles. The molecule has 0 aliphatic carbocycles. The summed E-state index contributed by atoms with van der Waals surface area (Å²) in [7, 11) is 0. The van der Waals surface area contributed by atoms with Gasteiger partial charge in [-0.05, 0) is 30.2 Å². The SMILES string of the molecule is CC(C)C1NC(=O)c2csc(n2)[C@H](Cc2ccccc2)NC(=O)CN(C(=O)c2csc([C@@H](N)C(C)C)n2)CCCNC(=O)c2csc1n2.Cl. The highest BCUT2D eigenvalue weighted by atomic mass is 35.5. The summed E-state index contributed by atoms with van der Waals surface area (Å²) in [6.45, 7) is 8.11. The zero-order valence-electron chi connectivity index (χ0n) is 27.7. The smallest absolute Gasteiger partial charge is 0.273 e. The lowest BCUT2D eigenvalue weighted by Gasteiger charge is -2.24. The summed E-state index contributed by atoms with van der Waals surface area (Å²) >= 11 is 3.91. The molecule has 4 aromatic rings. The van der Waals surface area contributed by atoms with Gasteiger partial charge in [-0.2, -0.15) is 0 Å². The Morgan fingerprint density at radius 2 is 1.59 bits per heavy atom. The van der Waals surface area contributed by atoms with E-state index in [0.29, 0.717) is 27.9 Å². The Morgan fingerprint density at radius 3 is 2.29 bits per heavy atom. The molecular weight excluding hydrogens is 704 g/mol. The molecule has 0 radical (unpaired) electrons. The molecule has 3 atom stereocenters. The first kappa shape index (κ1) is 38.0. The number of amides is 4. The molecule has 49 heavy (non-hydrogen) atoms. The fourth-order valence-electron chi connectivity index (χ4n) is 5.08. The van der Waals surface area contributed by atoms with E-state index in [9.17, 15) is 19.2 Å². The second-order valence-corrected chi connectivity index (χ2v) is 15.0. The first-order valence-electron chi connectivity index (χ1n) is 15.8. The number of thiazole rings is 3. The lowest BCUT2D eigenvalue weighted by molar-refractivity contribution is -0.122. The molecule has 16 heteroatoms. The Bertz CT molecular complexity index is 1740. The summed E-state index contributed by atoms with van der Waals surface area (Å²) in [6, 6.07) is 8.38. The molecule has 0 saturated heterocycles.